The van der Waals surface area contributed by atoms with E-state index in [1.807, 2.05) is 13.8 Å². The first-order valence-corrected chi connectivity index (χ1v) is 4.84. The van der Waals surface area contributed by atoms with Crippen molar-refractivity contribution in [3.05, 3.63) is 28.3 Å². The molecule has 0 aromatic heterocycles. The van der Waals surface area contributed by atoms with Crippen molar-refractivity contribution < 1.29 is 9.53 Å². The van der Waals surface area contributed by atoms with Gasteiger partial charge >= 0.3 is 0 Å². The van der Waals surface area contributed by atoms with Gasteiger partial charge in [-0.05, 0) is 48.7 Å². The summed E-state index contributed by atoms with van der Waals surface area (Å²) in [5.41, 5.74) is 1.79. The van der Waals surface area contributed by atoms with Crippen molar-refractivity contribution in [3.8, 4) is 5.75 Å². The highest BCUT2D eigenvalue weighted by atomic mass is 35.5. The van der Waals surface area contributed by atoms with Crippen LogP contribution in [0.25, 0.3) is 0 Å². The summed E-state index contributed by atoms with van der Waals surface area (Å²) in [6.07, 6.45) is 0. The lowest BCUT2D eigenvalue weighted by atomic mass is 10.1. The topological polar surface area (TPSA) is 26.3 Å². The zero-order chi connectivity index (χ0) is 10.7. The van der Waals surface area contributed by atoms with Crippen LogP contribution in [-0.2, 0) is 4.79 Å². The highest BCUT2D eigenvalue weighted by Gasteiger charge is 2.06. The molecule has 0 N–H and O–H groups in total. The van der Waals surface area contributed by atoms with Crippen molar-refractivity contribution >= 4 is 28.4 Å². The molecule has 0 unspecified atom stereocenters. The number of hydrogen-bond donors (Lipinski definition) is 0. The number of aryl methyl sites for hydroxylation is 2. The Hall–Kier alpha value is -0.730. The molecule has 1 aromatic rings. The summed E-state index contributed by atoms with van der Waals surface area (Å²) >= 11 is 11.0. The number of ether oxygens (including phenoxy) is 1. The normalized spacial score (nSPS) is 10.0. The molecule has 0 aliphatic carbocycles. The molecule has 0 aliphatic heterocycles. The lowest BCUT2D eigenvalue weighted by molar-refractivity contribution is -0.113. The maximum Gasteiger partial charge on any atom is 0.259 e. The van der Waals surface area contributed by atoms with Gasteiger partial charge < -0.3 is 4.74 Å². The average Bonchev–Trinajstić information content (AvgIpc) is 2.01. The highest BCUT2D eigenvalue weighted by molar-refractivity contribution is 6.63. The maximum absolute atomic E-state index is 10.5. The van der Waals surface area contributed by atoms with Crippen molar-refractivity contribution in [1.82, 2.24) is 0 Å². The summed E-state index contributed by atoms with van der Waals surface area (Å²) < 4.78 is 5.24. The molecule has 76 valence electrons. The highest BCUT2D eigenvalue weighted by Crippen LogP contribution is 2.26. The summed E-state index contributed by atoms with van der Waals surface area (Å²) in [6.45, 7) is 3.62. The molecule has 0 radical (unpaired) electrons. The molecule has 0 saturated heterocycles. The van der Waals surface area contributed by atoms with Gasteiger partial charge in [0, 0.05) is 5.02 Å². The monoisotopic (exact) mass is 232 g/mol. The van der Waals surface area contributed by atoms with Gasteiger partial charge in [0.05, 0.1) is 0 Å². The van der Waals surface area contributed by atoms with E-state index in [1.165, 1.54) is 0 Å². The number of hydrogen-bond acceptors (Lipinski definition) is 2. The van der Waals surface area contributed by atoms with Crippen LogP contribution in [0.4, 0.5) is 0 Å². The predicted molar refractivity (Wildman–Crippen MR) is 57.3 cm³/mol. The second-order valence-corrected chi connectivity index (χ2v) is 3.87. The van der Waals surface area contributed by atoms with Crippen LogP contribution in [0.2, 0.25) is 5.02 Å². The minimum atomic E-state index is -0.515. The van der Waals surface area contributed by atoms with Crippen LogP contribution >= 0.6 is 23.2 Å². The van der Waals surface area contributed by atoms with Crippen LogP contribution in [0.3, 0.4) is 0 Å². The largest absolute Gasteiger partial charge is 0.484 e. The summed E-state index contributed by atoms with van der Waals surface area (Å²) in [7, 11) is 0. The quantitative estimate of drug-likeness (QED) is 0.750. The van der Waals surface area contributed by atoms with E-state index in [4.69, 9.17) is 27.9 Å². The average molecular weight is 233 g/mol. The molecule has 0 saturated carbocycles. The second-order valence-electron chi connectivity index (χ2n) is 3.01. The first-order chi connectivity index (χ1) is 6.50. The lowest BCUT2D eigenvalue weighted by Crippen LogP contribution is -2.06. The molecular formula is C10H10Cl2O2. The van der Waals surface area contributed by atoms with E-state index in [9.17, 15) is 4.79 Å². The van der Waals surface area contributed by atoms with Crippen molar-refractivity contribution in [2.45, 2.75) is 13.8 Å². The molecular weight excluding hydrogens is 223 g/mol. The minimum absolute atomic E-state index is 0.120. The van der Waals surface area contributed by atoms with Crippen molar-refractivity contribution in [2.75, 3.05) is 6.61 Å². The Morgan fingerprint density at radius 3 is 2.29 bits per heavy atom. The molecule has 0 fully saturated rings. The summed E-state index contributed by atoms with van der Waals surface area (Å²) in [5.74, 6) is 0.670. The van der Waals surface area contributed by atoms with Gasteiger partial charge in [0.15, 0.2) is 6.61 Å². The third-order valence-electron chi connectivity index (χ3n) is 1.76. The van der Waals surface area contributed by atoms with E-state index in [0.717, 1.165) is 11.1 Å². The second kappa shape index (κ2) is 4.67. The number of carbonyl (C=O) groups is 1. The zero-order valence-electron chi connectivity index (χ0n) is 7.93. The fourth-order valence-electron chi connectivity index (χ4n) is 1.25. The maximum atomic E-state index is 10.5. The summed E-state index contributed by atoms with van der Waals surface area (Å²) in [5, 5.41) is 0.142. The lowest BCUT2D eigenvalue weighted by Gasteiger charge is -2.10. The predicted octanol–water partition coefficient (Wildman–Crippen LogP) is 3.10. The number of benzene rings is 1. The first-order valence-electron chi connectivity index (χ1n) is 4.08. The number of carbonyl (C=O) groups excluding carboxylic acids is 1. The molecule has 1 aromatic carbocycles. The fourth-order valence-corrected chi connectivity index (χ4v) is 1.64. The molecule has 0 bridgehead atoms. The summed E-state index contributed by atoms with van der Waals surface area (Å²) in [6, 6.07) is 3.56. The Morgan fingerprint density at radius 1 is 1.36 bits per heavy atom. The molecule has 1 rings (SSSR count). The first kappa shape index (κ1) is 11.3. The molecule has 0 atom stereocenters. The molecule has 0 spiro atoms. The Balaban J connectivity index is 2.91. The van der Waals surface area contributed by atoms with Crippen LogP contribution in [0.15, 0.2) is 12.1 Å². The third kappa shape index (κ3) is 2.89. The van der Waals surface area contributed by atoms with E-state index in [-0.39, 0.29) is 6.61 Å². The molecule has 0 heterocycles. The molecule has 0 aliphatic rings. The van der Waals surface area contributed by atoms with Gasteiger partial charge in [-0.15, -0.1) is 0 Å². The van der Waals surface area contributed by atoms with Gasteiger partial charge in [0.1, 0.15) is 5.75 Å². The Labute approximate surface area is 92.8 Å². The smallest absolute Gasteiger partial charge is 0.259 e. The fraction of sp³-hybridized carbons (Fsp3) is 0.300. The van der Waals surface area contributed by atoms with E-state index in [2.05, 4.69) is 0 Å². The van der Waals surface area contributed by atoms with Gasteiger partial charge in [0.2, 0.25) is 0 Å². The van der Waals surface area contributed by atoms with Gasteiger partial charge in [-0.2, -0.15) is 0 Å². The molecule has 0 amide bonds. The van der Waals surface area contributed by atoms with Gasteiger partial charge in [-0.1, -0.05) is 11.6 Å². The van der Waals surface area contributed by atoms with E-state index >= 15 is 0 Å². The Morgan fingerprint density at radius 2 is 1.86 bits per heavy atom. The zero-order valence-corrected chi connectivity index (χ0v) is 9.45. The summed E-state index contributed by atoms with van der Waals surface area (Å²) in [4.78, 5) is 10.5. The minimum Gasteiger partial charge on any atom is -0.484 e. The van der Waals surface area contributed by atoms with Crippen LogP contribution in [0, 0.1) is 13.8 Å². The standard InChI is InChI=1S/C10H10Cl2O2/c1-6-3-8(11)4-7(2)10(6)14-5-9(12)13/h3-4H,5H2,1-2H3. The van der Waals surface area contributed by atoms with Crippen molar-refractivity contribution in [1.29, 1.82) is 0 Å². The van der Waals surface area contributed by atoms with Crippen molar-refractivity contribution in [3.63, 3.8) is 0 Å². The van der Waals surface area contributed by atoms with Crippen LogP contribution in [0.1, 0.15) is 11.1 Å². The molecule has 4 heteroatoms. The number of halogens is 2. The van der Waals surface area contributed by atoms with E-state index in [0.29, 0.717) is 10.8 Å². The van der Waals surface area contributed by atoms with Crippen LogP contribution < -0.4 is 4.74 Å². The van der Waals surface area contributed by atoms with Gasteiger partial charge in [-0.3, -0.25) is 4.79 Å². The Bertz CT molecular complexity index is 338. The Kier molecular flexibility index (Phi) is 3.78. The SMILES string of the molecule is Cc1cc(Cl)cc(C)c1OCC(=O)Cl. The van der Waals surface area contributed by atoms with Crippen LogP contribution in [-0.4, -0.2) is 11.8 Å². The number of rotatable bonds is 3. The van der Waals surface area contributed by atoms with Gasteiger partial charge in [0.25, 0.3) is 5.24 Å². The van der Waals surface area contributed by atoms with Gasteiger partial charge in [-0.25, -0.2) is 0 Å². The molecule has 14 heavy (non-hydrogen) atoms. The van der Waals surface area contributed by atoms with E-state index < -0.39 is 5.24 Å². The van der Waals surface area contributed by atoms with Crippen LogP contribution in [0.5, 0.6) is 5.75 Å². The van der Waals surface area contributed by atoms with E-state index in [1.54, 1.807) is 12.1 Å². The molecule has 2 nitrogen and oxygen atoms in total. The third-order valence-corrected chi connectivity index (χ3v) is 2.08. The van der Waals surface area contributed by atoms with Crippen molar-refractivity contribution in [2.24, 2.45) is 0 Å².